The van der Waals surface area contributed by atoms with Crippen LogP contribution >= 0.6 is 22.9 Å². The van der Waals surface area contributed by atoms with E-state index in [-0.39, 0.29) is 21.3 Å². The lowest BCUT2D eigenvalue weighted by molar-refractivity contribution is 0.601. The van der Waals surface area contributed by atoms with Gasteiger partial charge in [0.05, 0.1) is 21.3 Å². The summed E-state index contributed by atoms with van der Waals surface area (Å²) < 4.78 is 32.1. The molecule has 0 unspecified atom stereocenters. The van der Waals surface area contributed by atoms with E-state index < -0.39 is 15.6 Å². The van der Waals surface area contributed by atoms with Crippen LogP contribution in [0.3, 0.4) is 0 Å². The van der Waals surface area contributed by atoms with Gasteiger partial charge in [0.15, 0.2) is 10.1 Å². The summed E-state index contributed by atoms with van der Waals surface area (Å²) in [5.74, 6) is 0. The number of thiazole rings is 1. The molecule has 0 saturated carbocycles. The molecule has 0 aliphatic carbocycles. The minimum atomic E-state index is -4.18. The van der Waals surface area contributed by atoms with Crippen LogP contribution in [0, 0.1) is 6.92 Å². The molecule has 5 aromatic rings. The lowest BCUT2D eigenvalue weighted by atomic mass is 10.2. The van der Waals surface area contributed by atoms with Crippen molar-refractivity contribution in [1.82, 2.24) is 14.3 Å². The zero-order valence-corrected chi connectivity index (χ0v) is 23.1. The summed E-state index contributed by atoms with van der Waals surface area (Å²) in [6.45, 7) is 1.66. The monoisotopic (exact) mass is 579 g/mol. The number of halogens is 1. The molecule has 0 aliphatic heterocycles. The van der Waals surface area contributed by atoms with Crippen molar-refractivity contribution in [2.75, 3.05) is 10.5 Å². The molecule has 13 heteroatoms. The summed E-state index contributed by atoms with van der Waals surface area (Å²) in [5, 5.41) is 9.41. The van der Waals surface area contributed by atoms with Gasteiger partial charge in [-0.25, -0.2) is 18.1 Å². The van der Waals surface area contributed by atoms with Crippen molar-refractivity contribution < 1.29 is 8.42 Å². The van der Waals surface area contributed by atoms with Crippen LogP contribution in [-0.2, 0) is 17.1 Å². The third-order valence-electron chi connectivity index (χ3n) is 5.94. The molecule has 2 aromatic heterocycles. The SMILES string of the molecule is Cc1c(NS(=O)(=O)c2ccc(Cl)c(N=Nc3sc(N)nc3-c3ccccc3)c2)c(=O)n(-c2ccccc2)n1C. The van der Waals surface area contributed by atoms with Crippen molar-refractivity contribution in [2.24, 2.45) is 17.3 Å². The number of hydrogen-bond acceptors (Lipinski definition) is 8. The second-order valence-corrected chi connectivity index (χ2v) is 11.5. The van der Waals surface area contributed by atoms with Crippen molar-refractivity contribution in [3.63, 3.8) is 0 Å². The maximum absolute atomic E-state index is 13.3. The Morgan fingerprint density at radius 1 is 1.00 bits per heavy atom. The maximum Gasteiger partial charge on any atom is 0.296 e. The molecule has 0 saturated heterocycles. The van der Waals surface area contributed by atoms with Crippen LogP contribution in [0.2, 0.25) is 5.02 Å². The Balaban J connectivity index is 1.48. The van der Waals surface area contributed by atoms with Crippen LogP contribution < -0.4 is 16.0 Å². The highest BCUT2D eigenvalue weighted by Gasteiger charge is 2.23. The fraction of sp³-hybridized carbons (Fsp3) is 0.0769. The summed E-state index contributed by atoms with van der Waals surface area (Å²) in [6.07, 6.45) is 0. The topological polar surface area (TPSA) is 137 Å². The zero-order valence-electron chi connectivity index (χ0n) is 20.7. The molecule has 198 valence electrons. The number of nitrogen functional groups attached to an aromatic ring is 1. The van der Waals surface area contributed by atoms with E-state index in [0.717, 1.165) is 16.9 Å². The highest BCUT2D eigenvalue weighted by Crippen LogP contribution is 2.39. The molecule has 2 heterocycles. The molecule has 5 rings (SSSR count). The molecule has 3 aromatic carbocycles. The van der Waals surface area contributed by atoms with Gasteiger partial charge in [-0.05, 0) is 37.3 Å². The first-order valence-electron chi connectivity index (χ1n) is 11.6. The number of hydrogen-bond donors (Lipinski definition) is 2. The Labute approximate surface area is 233 Å². The first-order valence-corrected chi connectivity index (χ1v) is 14.2. The van der Waals surface area contributed by atoms with Crippen molar-refractivity contribution in [1.29, 1.82) is 0 Å². The smallest absolute Gasteiger partial charge is 0.296 e. The van der Waals surface area contributed by atoms with Gasteiger partial charge in [-0.3, -0.25) is 14.2 Å². The fourth-order valence-electron chi connectivity index (χ4n) is 3.89. The van der Waals surface area contributed by atoms with Crippen molar-refractivity contribution in [2.45, 2.75) is 11.8 Å². The Hall–Kier alpha value is -4.26. The maximum atomic E-state index is 13.3. The highest BCUT2D eigenvalue weighted by atomic mass is 35.5. The average Bonchev–Trinajstić information content (AvgIpc) is 3.40. The molecule has 0 amide bonds. The molecule has 0 fully saturated rings. The minimum absolute atomic E-state index is 0.0629. The van der Waals surface area contributed by atoms with Gasteiger partial charge in [0, 0.05) is 12.6 Å². The molecule has 10 nitrogen and oxygen atoms in total. The molecular weight excluding hydrogens is 558 g/mol. The summed E-state index contributed by atoms with van der Waals surface area (Å²) >= 11 is 7.46. The summed E-state index contributed by atoms with van der Waals surface area (Å²) in [5.41, 5.74) is 7.87. The molecule has 0 radical (unpaired) electrons. The Kier molecular flexibility index (Phi) is 7.08. The molecule has 3 N–H and O–H groups in total. The Bertz CT molecular complexity index is 1860. The third-order valence-corrected chi connectivity index (χ3v) is 8.38. The van der Waals surface area contributed by atoms with E-state index in [9.17, 15) is 13.2 Å². The second kappa shape index (κ2) is 10.5. The molecule has 0 atom stereocenters. The molecule has 0 bridgehead atoms. The van der Waals surface area contributed by atoms with Gasteiger partial charge in [0.25, 0.3) is 15.6 Å². The van der Waals surface area contributed by atoms with E-state index in [1.54, 1.807) is 42.9 Å². The van der Waals surface area contributed by atoms with Crippen LogP contribution in [0.25, 0.3) is 16.9 Å². The summed E-state index contributed by atoms with van der Waals surface area (Å²) in [6, 6.07) is 22.3. The Morgan fingerprint density at radius 3 is 2.36 bits per heavy atom. The molecule has 0 spiro atoms. The van der Waals surface area contributed by atoms with E-state index in [4.69, 9.17) is 17.3 Å². The number of aromatic nitrogens is 3. The quantitative estimate of drug-likeness (QED) is 0.226. The second-order valence-electron chi connectivity index (χ2n) is 8.43. The van der Waals surface area contributed by atoms with Crippen LogP contribution in [0.1, 0.15) is 5.69 Å². The van der Waals surface area contributed by atoms with Gasteiger partial charge in [0.2, 0.25) is 0 Å². The predicted octanol–water partition coefficient (Wildman–Crippen LogP) is 6.06. The molecular formula is C26H22ClN7O3S2. The lowest BCUT2D eigenvalue weighted by Gasteiger charge is -2.08. The average molecular weight is 580 g/mol. The lowest BCUT2D eigenvalue weighted by Crippen LogP contribution is -2.23. The van der Waals surface area contributed by atoms with Crippen molar-refractivity contribution in [3.05, 3.63) is 99.9 Å². The molecule has 39 heavy (non-hydrogen) atoms. The number of nitrogens with one attached hydrogen (secondary N) is 1. The summed E-state index contributed by atoms with van der Waals surface area (Å²) in [4.78, 5) is 17.4. The highest BCUT2D eigenvalue weighted by molar-refractivity contribution is 7.92. The van der Waals surface area contributed by atoms with E-state index >= 15 is 0 Å². The first-order chi connectivity index (χ1) is 18.7. The molecule has 0 aliphatic rings. The van der Waals surface area contributed by atoms with Gasteiger partial charge in [-0.2, -0.15) is 0 Å². The number of nitrogens with zero attached hydrogens (tertiary/aromatic N) is 5. The Morgan fingerprint density at radius 2 is 1.67 bits per heavy atom. The third kappa shape index (κ3) is 5.21. The zero-order chi connectivity index (χ0) is 27.7. The van der Waals surface area contributed by atoms with Crippen LogP contribution in [0.5, 0.6) is 0 Å². The standard InChI is InChI=1S/C26H22ClN7O3S2/c1-16-22(25(35)34(33(16)2)18-11-7-4-8-12-18)32-39(36,37)19-13-14-20(27)21(15-19)30-31-24-23(29-26(28)38-24)17-9-5-3-6-10-17/h3-15,32H,1-2H3,(H2,28,29). The van der Waals surface area contributed by atoms with Crippen molar-refractivity contribution >= 4 is 54.5 Å². The number of para-hydroxylation sites is 1. The minimum Gasteiger partial charge on any atom is -0.375 e. The van der Waals surface area contributed by atoms with E-state index in [1.807, 2.05) is 36.4 Å². The summed E-state index contributed by atoms with van der Waals surface area (Å²) in [7, 11) is -2.50. The number of benzene rings is 3. The largest absolute Gasteiger partial charge is 0.375 e. The number of anilines is 2. The number of nitrogens with two attached hydrogens (primary N) is 1. The number of sulfonamides is 1. The number of rotatable bonds is 7. The van der Waals surface area contributed by atoms with Gasteiger partial charge in [-0.1, -0.05) is 71.5 Å². The van der Waals surface area contributed by atoms with E-state index in [2.05, 4.69) is 19.9 Å². The van der Waals surface area contributed by atoms with E-state index in [1.165, 1.54) is 22.9 Å². The van der Waals surface area contributed by atoms with Gasteiger partial charge < -0.3 is 5.73 Å². The number of azo groups is 1. The van der Waals surface area contributed by atoms with E-state index in [0.29, 0.717) is 27.2 Å². The van der Waals surface area contributed by atoms with Crippen LogP contribution in [0.4, 0.5) is 21.5 Å². The predicted molar refractivity (Wildman–Crippen MR) is 154 cm³/mol. The van der Waals surface area contributed by atoms with Gasteiger partial charge >= 0.3 is 0 Å². The normalized spacial score (nSPS) is 11.8. The first kappa shape index (κ1) is 26.4. The fourth-order valence-corrected chi connectivity index (χ4v) is 5.86. The van der Waals surface area contributed by atoms with Crippen LogP contribution in [-0.4, -0.2) is 22.8 Å². The van der Waals surface area contributed by atoms with Crippen LogP contribution in [0.15, 0.2) is 98.8 Å². The van der Waals surface area contributed by atoms with Gasteiger partial charge in [-0.15, -0.1) is 10.2 Å². The van der Waals surface area contributed by atoms with Gasteiger partial charge in [0.1, 0.15) is 17.1 Å². The van der Waals surface area contributed by atoms with Crippen molar-refractivity contribution in [3.8, 4) is 16.9 Å².